The van der Waals surface area contributed by atoms with Crippen LogP contribution in [-0.2, 0) is 6.42 Å². The van der Waals surface area contributed by atoms with E-state index in [1.54, 1.807) is 5.57 Å². The Morgan fingerprint density at radius 2 is 1.97 bits per heavy atom. The number of aromatic amines is 1. The minimum Gasteiger partial charge on any atom is -0.361 e. The topological polar surface area (TPSA) is 15.8 Å². The van der Waals surface area contributed by atoms with Gasteiger partial charge in [-0.3, -0.25) is 0 Å². The van der Waals surface area contributed by atoms with E-state index in [0.717, 1.165) is 6.42 Å². The summed E-state index contributed by atoms with van der Waals surface area (Å²) >= 11 is 0. The lowest BCUT2D eigenvalue weighted by atomic mass is 9.72. The van der Waals surface area contributed by atoms with Crippen molar-refractivity contribution < 1.29 is 0 Å². The predicted molar refractivity (Wildman–Crippen MR) is 128 cm³/mol. The lowest BCUT2D eigenvalue weighted by Crippen LogP contribution is -2.19. The molecule has 3 rings (SSSR count). The standard InChI is InChI=1S/C28H35N/c1-6-21(2)11-9-13-23(16-17-26-22(3)12-10-18-28(26,4)5)19-24-20-29-27-15-8-7-14-25(24)27/h6-9,11,13-17,20,29H,10,12,18-19H2,1-5H3/b11-9-,17-16+,21-6+,23-13-. The highest BCUT2D eigenvalue weighted by molar-refractivity contribution is 5.83. The number of hydrogen-bond acceptors (Lipinski definition) is 0. The molecular formula is C28H35N. The Labute approximate surface area is 176 Å². The maximum absolute atomic E-state index is 3.41. The molecule has 1 aromatic heterocycles. The van der Waals surface area contributed by atoms with Gasteiger partial charge < -0.3 is 4.98 Å². The second kappa shape index (κ2) is 9.31. The molecule has 152 valence electrons. The van der Waals surface area contributed by atoms with Crippen LogP contribution >= 0.6 is 0 Å². The SMILES string of the molecule is C/C=C(C)/C=C\C=C(\C=C\C1=C(C)CCCC1(C)C)Cc1c[nH]c2ccccc12. The third kappa shape index (κ3) is 5.29. The molecule has 1 aliphatic rings. The van der Waals surface area contributed by atoms with Gasteiger partial charge in [0.25, 0.3) is 0 Å². The lowest BCUT2D eigenvalue weighted by Gasteiger charge is -2.33. The Morgan fingerprint density at radius 3 is 2.72 bits per heavy atom. The molecule has 0 radical (unpaired) electrons. The summed E-state index contributed by atoms with van der Waals surface area (Å²) in [6.07, 6.45) is 20.4. The van der Waals surface area contributed by atoms with E-state index in [1.165, 1.54) is 52.4 Å². The van der Waals surface area contributed by atoms with E-state index in [4.69, 9.17) is 0 Å². The Morgan fingerprint density at radius 1 is 1.17 bits per heavy atom. The van der Waals surface area contributed by atoms with Crippen molar-refractivity contribution >= 4 is 10.9 Å². The van der Waals surface area contributed by atoms with E-state index < -0.39 is 0 Å². The normalized spacial score (nSPS) is 18.5. The van der Waals surface area contributed by atoms with E-state index in [2.05, 4.69) is 107 Å². The van der Waals surface area contributed by atoms with Gasteiger partial charge in [0.1, 0.15) is 0 Å². The molecule has 0 saturated carbocycles. The number of rotatable bonds is 6. The van der Waals surface area contributed by atoms with Gasteiger partial charge in [-0.15, -0.1) is 0 Å². The molecule has 29 heavy (non-hydrogen) atoms. The van der Waals surface area contributed by atoms with Crippen molar-refractivity contribution in [1.29, 1.82) is 0 Å². The van der Waals surface area contributed by atoms with Crippen molar-refractivity contribution in [2.75, 3.05) is 0 Å². The van der Waals surface area contributed by atoms with Gasteiger partial charge in [0.2, 0.25) is 0 Å². The molecule has 0 saturated heterocycles. The molecule has 0 spiro atoms. The number of para-hydroxylation sites is 1. The summed E-state index contributed by atoms with van der Waals surface area (Å²) in [5, 5.41) is 1.31. The van der Waals surface area contributed by atoms with Crippen LogP contribution in [0, 0.1) is 5.41 Å². The van der Waals surface area contributed by atoms with Crippen molar-refractivity contribution in [3.8, 4) is 0 Å². The summed E-state index contributed by atoms with van der Waals surface area (Å²) in [7, 11) is 0. The number of H-pyrrole nitrogens is 1. The molecule has 1 N–H and O–H groups in total. The smallest absolute Gasteiger partial charge is 0.0456 e. The minimum atomic E-state index is 0.266. The Balaban J connectivity index is 1.93. The van der Waals surface area contributed by atoms with Crippen LogP contribution in [0.3, 0.4) is 0 Å². The summed E-state index contributed by atoms with van der Waals surface area (Å²) in [6.45, 7) is 11.3. The molecule has 1 heteroatoms. The van der Waals surface area contributed by atoms with E-state index >= 15 is 0 Å². The van der Waals surface area contributed by atoms with Crippen LogP contribution in [0.1, 0.15) is 59.4 Å². The first-order chi connectivity index (χ1) is 13.9. The molecule has 2 aromatic rings. The Hall–Kier alpha value is -2.54. The van der Waals surface area contributed by atoms with Crippen molar-refractivity contribution in [2.45, 2.75) is 60.3 Å². The highest BCUT2D eigenvalue weighted by atomic mass is 14.7. The number of benzene rings is 1. The molecule has 1 nitrogen and oxygen atoms in total. The van der Waals surface area contributed by atoms with Crippen LogP contribution in [0.4, 0.5) is 0 Å². The first kappa shape index (κ1) is 21.2. The fraction of sp³-hybridized carbons (Fsp3) is 0.357. The molecule has 1 aliphatic carbocycles. The molecule has 0 bridgehead atoms. The van der Waals surface area contributed by atoms with Gasteiger partial charge in [-0.2, -0.15) is 0 Å². The number of allylic oxidation sites excluding steroid dienone is 10. The Kier molecular flexibility index (Phi) is 6.79. The van der Waals surface area contributed by atoms with Gasteiger partial charge in [0.15, 0.2) is 0 Å². The summed E-state index contributed by atoms with van der Waals surface area (Å²) < 4.78 is 0. The molecule has 1 heterocycles. The van der Waals surface area contributed by atoms with Gasteiger partial charge in [-0.05, 0) is 74.6 Å². The van der Waals surface area contributed by atoms with Gasteiger partial charge >= 0.3 is 0 Å². The van der Waals surface area contributed by atoms with Crippen LogP contribution < -0.4 is 0 Å². The number of fused-ring (bicyclic) bond motifs is 1. The predicted octanol–water partition coefficient (Wildman–Crippen LogP) is 8.24. The van der Waals surface area contributed by atoms with Gasteiger partial charge in [-0.25, -0.2) is 0 Å². The van der Waals surface area contributed by atoms with Gasteiger partial charge in [-0.1, -0.05) is 79.6 Å². The molecule has 0 atom stereocenters. The highest BCUT2D eigenvalue weighted by Crippen LogP contribution is 2.40. The van der Waals surface area contributed by atoms with Crippen LogP contribution in [0.5, 0.6) is 0 Å². The summed E-state index contributed by atoms with van der Waals surface area (Å²) in [5.74, 6) is 0. The number of aromatic nitrogens is 1. The van der Waals surface area contributed by atoms with Crippen LogP contribution in [-0.4, -0.2) is 4.98 Å². The zero-order valence-corrected chi connectivity index (χ0v) is 18.7. The monoisotopic (exact) mass is 385 g/mol. The van der Waals surface area contributed by atoms with Crippen molar-refractivity contribution in [3.63, 3.8) is 0 Å². The third-order valence-corrected chi connectivity index (χ3v) is 6.20. The number of hydrogen-bond donors (Lipinski definition) is 1. The summed E-state index contributed by atoms with van der Waals surface area (Å²) in [4.78, 5) is 3.41. The highest BCUT2D eigenvalue weighted by Gasteiger charge is 2.26. The fourth-order valence-corrected chi connectivity index (χ4v) is 4.29. The molecule has 0 aliphatic heterocycles. The zero-order chi connectivity index (χ0) is 20.9. The van der Waals surface area contributed by atoms with Crippen LogP contribution in [0.2, 0.25) is 0 Å². The lowest BCUT2D eigenvalue weighted by molar-refractivity contribution is 0.377. The maximum Gasteiger partial charge on any atom is 0.0456 e. The van der Waals surface area contributed by atoms with Crippen molar-refractivity contribution in [1.82, 2.24) is 4.98 Å². The third-order valence-electron chi connectivity index (χ3n) is 6.20. The van der Waals surface area contributed by atoms with E-state index in [0.29, 0.717) is 0 Å². The molecule has 1 aromatic carbocycles. The molecule has 0 amide bonds. The van der Waals surface area contributed by atoms with E-state index in [9.17, 15) is 0 Å². The average Bonchev–Trinajstić information content (AvgIpc) is 3.09. The van der Waals surface area contributed by atoms with Crippen LogP contribution in [0.15, 0.2) is 89.2 Å². The maximum atomic E-state index is 3.41. The first-order valence-corrected chi connectivity index (χ1v) is 10.8. The second-order valence-corrected chi connectivity index (χ2v) is 8.93. The molecule has 0 fully saturated rings. The fourth-order valence-electron chi connectivity index (χ4n) is 4.29. The average molecular weight is 386 g/mol. The summed E-state index contributed by atoms with van der Waals surface area (Å²) in [6, 6.07) is 8.56. The molecule has 0 unspecified atom stereocenters. The molecular weight excluding hydrogens is 350 g/mol. The largest absolute Gasteiger partial charge is 0.361 e. The number of nitrogens with one attached hydrogen (secondary N) is 1. The van der Waals surface area contributed by atoms with E-state index in [-0.39, 0.29) is 5.41 Å². The van der Waals surface area contributed by atoms with Crippen molar-refractivity contribution in [2.24, 2.45) is 5.41 Å². The van der Waals surface area contributed by atoms with Gasteiger partial charge in [0.05, 0.1) is 0 Å². The van der Waals surface area contributed by atoms with Crippen LogP contribution in [0.25, 0.3) is 10.9 Å². The zero-order valence-electron chi connectivity index (χ0n) is 18.7. The second-order valence-electron chi connectivity index (χ2n) is 8.93. The van der Waals surface area contributed by atoms with Gasteiger partial charge in [0, 0.05) is 17.1 Å². The van der Waals surface area contributed by atoms with E-state index in [1.807, 2.05) is 0 Å². The summed E-state index contributed by atoms with van der Waals surface area (Å²) in [5.41, 5.74) is 8.49. The Bertz CT molecular complexity index is 1000. The first-order valence-electron chi connectivity index (χ1n) is 10.8. The minimum absolute atomic E-state index is 0.266. The quantitative estimate of drug-likeness (QED) is 0.482. The van der Waals surface area contributed by atoms with Crippen molar-refractivity contribution in [3.05, 3.63) is 94.8 Å².